The van der Waals surface area contributed by atoms with E-state index in [4.69, 9.17) is 5.73 Å². The van der Waals surface area contributed by atoms with E-state index in [0.29, 0.717) is 0 Å². The van der Waals surface area contributed by atoms with Gasteiger partial charge >= 0.3 is 0 Å². The average Bonchev–Trinajstić information content (AvgIpc) is 2.77. The van der Waals surface area contributed by atoms with Gasteiger partial charge in [0.2, 0.25) is 0 Å². The molecular formula is C14H18FN3. The SMILES string of the molecule is CC1CCC(N)(c2nc3ccc(F)cc3[nH]2)CC1. The molecule has 1 saturated carbocycles. The highest BCUT2D eigenvalue weighted by atomic mass is 19.1. The van der Waals surface area contributed by atoms with Crippen LogP contribution in [0.1, 0.15) is 38.4 Å². The van der Waals surface area contributed by atoms with E-state index in [1.165, 1.54) is 12.1 Å². The van der Waals surface area contributed by atoms with Crippen molar-refractivity contribution in [3.63, 3.8) is 0 Å². The molecule has 18 heavy (non-hydrogen) atoms. The number of aromatic nitrogens is 2. The molecule has 4 heteroatoms. The van der Waals surface area contributed by atoms with Crippen LogP contribution in [-0.4, -0.2) is 9.97 Å². The molecular weight excluding hydrogens is 229 g/mol. The normalized spacial score (nSPS) is 28.7. The Kier molecular flexibility index (Phi) is 2.63. The predicted octanol–water partition coefficient (Wildman–Crippen LogP) is 3.07. The molecule has 1 aliphatic carbocycles. The minimum Gasteiger partial charge on any atom is -0.340 e. The number of nitrogens with one attached hydrogen (secondary N) is 1. The largest absolute Gasteiger partial charge is 0.340 e. The van der Waals surface area contributed by atoms with E-state index in [1.807, 2.05) is 0 Å². The number of H-pyrrole nitrogens is 1. The van der Waals surface area contributed by atoms with Gasteiger partial charge in [0.25, 0.3) is 0 Å². The van der Waals surface area contributed by atoms with Gasteiger partial charge in [-0.1, -0.05) is 6.92 Å². The van der Waals surface area contributed by atoms with Gasteiger partial charge in [-0.2, -0.15) is 0 Å². The lowest BCUT2D eigenvalue weighted by Gasteiger charge is -2.34. The zero-order chi connectivity index (χ0) is 12.8. The van der Waals surface area contributed by atoms with E-state index in [0.717, 1.165) is 48.5 Å². The molecule has 96 valence electrons. The molecule has 1 heterocycles. The fourth-order valence-corrected chi connectivity index (χ4v) is 2.73. The Balaban J connectivity index is 1.98. The fourth-order valence-electron chi connectivity index (χ4n) is 2.73. The van der Waals surface area contributed by atoms with Crippen molar-refractivity contribution in [2.24, 2.45) is 11.7 Å². The number of hydrogen-bond acceptors (Lipinski definition) is 2. The first-order valence-corrected chi connectivity index (χ1v) is 6.51. The van der Waals surface area contributed by atoms with Gasteiger partial charge < -0.3 is 10.7 Å². The highest BCUT2D eigenvalue weighted by molar-refractivity contribution is 5.75. The molecule has 0 amide bonds. The van der Waals surface area contributed by atoms with Crippen LogP contribution < -0.4 is 5.73 Å². The summed E-state index contributed by atoms with van der Waals surface area (Å²) in [5, 5.41) is 0. The van der Waals surface area contributed by atoms with Crippen LogP contribution in [0.5, 0.6) is 0 Å². The van der Waals surface area contributed by atoms with E-state index in [2.05, 4.69) is 16.9 Å². The van der Waals surface area contributed by atoms with E-state index >= 15 is 0 Å². The summed E-state index contributed by atoms with van der Waals surface area (Å²) in [6.45, 7) is 2.26. The van der Waals surface area contributed by atoms with Crippen LogP contribution in [0.2, 0.25) is 0 Å². The molecule has 0 radical (unpaired) electrons. The first-order valence-electron chi connectivity index (χ1n) is 6.51. The number of nitrogens with zero attached hydrogens (tertiary/aromatic N) is 1. The lowest BCUT2D eigenvalue weighted by atomic mass is 9.77. The maximum atomic E-state index is 13.2. The average molecular weight is 247 g/mol. The van der Waals surface area contributed by atoms with Gasteiger partial charge in [0, 0.05) is 0 Å². The van der Waals surface area contributed by atoms with Crippen molar-refractivity contribution in [1.82, 2.24) is 9.97 Å². The molecule has 3 rings (SSSR count). The van der Waals surface area contributed by atoms with Gasteiger partial charge in [-0.25, -0.2) is 9.37 Å². The topological polar surface area (TPSA) is 54.7 Å². The number of aromatic amines is 1. The van der Waals surface area contributed by atoms with Gasteiger partial charge in [0.05, 0.1) is 16.6 Å². The summed E-state index contributed by atoms with van der Waals surface area (Å²) in [5.74, 6) is 1.29. The van der Waals surface area contributed by atoms with Crippen molar-refractivity contribution in [3.05, 3.63) is 29.8 Å². The summed E-state index contributed by atoms with van der Waals surface area (Å²) < 4.78 is 13.2. The Morgan fingerprint density at radius 1 is 1.39 bits per heavy atom. The van der Waals surface area contributed by atoms with Gasteiger partial charge in [-0.15, -0.1) is 0 Å². The maximum absolute atomic E-state index is 13.2. The number of rotatable bonds is 1. The molecule has 1 aromatic carbocycles. The Morgan fingerprint density at radius 3 is 2.83 bits per heavy atom. The van der Waals surface area contributed by atoms with Gasteiger partial charge in [0.15, 0.2) is 0 Å². The summed E-state index contributed by atoms with van der Waals surface area (Å²) in [5.41, 5.74) is 7.60. The van der Waals surface area contributed by atoms with Crippen LogP contribution in [0.15, 0.2) is 18.2 Å². The molecule has 0 bridgehead atoms. The molecule has 0 atom stereocenters. The number of nitrogens with two attached hydrogens (primary N) is 1. The molecule has 1 aromatic heterocycles. The van der Waals surface area contributed by atoms with Gasteiger partial charge in [-0.05, 0) is 49.8 Å². The van der Waals surface area contributed by atoms with Crippen molar-refractivity contribution < 1.29 is 4.39 Å². The first-order chi connectivity index (χ1) is 8.57. The second-order valence-electron chi connectivity index (χ2n) is 5.59. The van der Waals surface area contributed by atoms with Crippen molar-refractivity contribution >= 4 is 11.0 Å². The fraction of sp³-hybridized carbons (Fsp3) is 0.500. The number of fused-ring (bicyclic) bond motifs is 1. The third kappa shape index (κ3) is 1.90. The Morgan fingerprint density at radius 2 is 2.11 bits per heavy atom. The van der Waals surface area contributed by atoms with Gasteiger partial charge in [-0.3, -0.25) is 0 Å². The number of halogens is 1. The molecule has 1 fully saturated rings. The van der Waals surface area contributed by atoms with Crippen molar-refractivity contribution in [1.29, 1.82) is 0 Å². The molecule has 0 unspecified atom stereocenters. The predicted molar refractivity (Wildman–Crippen MR) is 69.5 cm³/mol. The lowest BCUT2D eigenvalue weighted by Crippen LogP contribution is -2.41. The third-order valence-electron chi connectivity index (χ3n) is 4.08. The quantitative estimate of drug-likeness (QED) is 0.813. The first kappa shape index (κ1) is 11.7. The number of hydrogen-bond donors (Lipinski definition) is 2. The van der Waals surface area contributed by atoms with Gasteiger partial charge in [0.1, 0.15) is 11.6 Å². The number of benzene rings is 1. The number of imidazole rings is 1. The summed E-state index contributed by atoms with van der Waals surface area (Å²) in [4.78, 5) is 7.71. The van der Waals surface area contributed by atoms with E-state index in [9.17, 15) is 4.39 Å². The monoisotopic (exact) mass is 247 g/mol. The molecule has 3 N–H and O–H groups in total. The van der Waals surface area contributed by atoms with Crippen LogP contribution >= 0.6 is 0 Å². The van der Waals surface area contributed by atoms with Crippen LogP contribution in [0, 0.1) is 11.7 Å². The van der Waals surface area contributed by atoms with Crippen LogP contribution in [0.25, 0.3) is 11.0 Å². The maximum Gasteiger partial charge on any atom is 0.127 e. The molecule has 2 aromatic rings. The summed E-state index contributed by atoms with van der Waals surface area (Å²) in [6.07, 6.45) is 4.14. The Labute approximate surface area is 106 Å². The van der Waals surface area contributed by atoms with E-state index < -0.39 is 0 Å². The third-order valence-corrected chi connectivity index (χ3v) is 4.08. The smallest absolute Gasteiger partial charge is 0.127 e. The van der Waals surface area contributed by atoms with Crippen molar-refractivity contribution in [2.75, 3.05) is 0 Å². The minimum absolute atomic E-state index is 0.249. The Hall–Kier alpha value is -1.42. The molecule has 0 saturated heterocycles. The molecule has 0 aliphatic heterocycles. The van der Waals surface area contributed by atoms with Crippen LogP contribution in [-0.2, 0) is 5.54 Å². The zero-order valence-corrected chi connectivity index (χ0v) is 10.5. The standard InChI is InChI=1S/C14H18FN3/c1-9-4-6-14(16,7-5-9)13-17-11-3-2-10(15)8-12(11)18-13/h2-3,8-9H,4-7,16H2,1H3,(H,17,18). The summed E-state index contributed by atoms with van der Waals surface area (Å²) in [7, 11) is 0. The van der Waals surface area contributed by atoms with Crippen molar-refractivity contribution in [3.8, 4) is 0 Å². The van der Waals surface area contributed by atoms with E-state index in [-0.39, 0.29) is 11.4 Å². The summed E-state index contributed by atoms with van der Waals surface area (Å²) >= 11 is 0. The Bertz CT molecular complexity index is 567. The highest BCUT2D eigenvalue weighted by Crippen LogP contribution is 2.36. The van der Waals surface area contributed by atoms with Crippen LogP contribution in [0.3, 0.4) is 0 Å². The summed E-state index contributed by atoms with van der Waals surface area (Å²) in [6, 6.07) is 4.60. The highest BCUT2D eigenvalue weighted by Gasteiger charge is 2.34. The molecule has 3 nitrogen and oxygen atoms in total. The lowest BCUT2D eigenvalue weighted by molar-refractivity contribution is 0.238. The van der Waals surface area contributed by atoms with Crippen molar-refractivity contribution in [2.45, 2.75) is 38.1 Å². The second-order valence-corrected chi connectivity index (χ2v) is 5.59. The zero-order valence-electron chi connectivity index (χ0n) is 10.5. The molecule has 1 aliphatic rings. The van der Waals surface area contributed by atoms with E-state index in [1.54, 1.807) is 6.07 Å². The minimum atomic E-state index is -0.373. The second kappa shape index (κ2) is 4.05. The van der Waals surface area contributed by atoms with Crippen LogP contribution in [0.4, 0.5) is 4.39 Å². The molecule has 0 spiro atoms.